The highest BCUT2D eigenvalue weighted by Crippen LogP contribution is 2.23. The number of piperidine rings is 1. The lowest BCUT2D eigenvalue weighted by Gasteiger charge is -2.32. The van der Waals surface area contributed by atoms with Gasteiger partial charge in [0, 0.05) is 25.0 Å². The van der Waals surface area contributed by atoms with Gasteiger partial charge in [-0.15, -0.1) is 0 Å². The van der Waals surface area contributed by atoms with E-state index in [4.69, 9.17) is 4.74 Å². The van der Waals surface area contributed by atoms with E-state index in [2.05, 4.69) is 10.3 Å². The molecule has 0 bridgehead atoms. The first-order valence-electron chi connectivity index (χ1n) is 10.1. The van der Waals surface area contributed by atoms with Gasteiger partial charge in [0.1, 0.15) is 11.6 Å². The maximum Gasteiger partial charge on any atom is 0.257 e. The van der Waals surface area contributed by atoms with Crippen molar-refractivity contribution >= 4 is 17.4 Å². The third kappa shape index (κ3) is 5.02. The van der Waals surface area contributed by atoms with Crippen LogP contribution in [0.15, 0.2) is 72.9 Å². The molecule has 1 fully saturated rings. The summed E-state index contributed by atoms with van der Waals surface area (Å²) in [6, 6.07) is 19.7. The number of nitrogens with zero attached hydrogens (tertiary/aromatic N) is 2. The van der Waals surface area contributed by atoms with Gasteiger partial charge in [-0.25, -0.2) is 9.37 Å². The van der Waals surface area contributed by atoms with Crippen LogP contribution in [0.1, 0.15) is 28.8 Å². The van der Waals surface area contributed by atoms with Gasteiger partial charge in [-0.05, 0) is 48.7 Å². The number of aromatic nitrogens is 1. The SMILES string of the molecule is O=C(c1cccnc1Nc1cccc(F)c1)N1CCC(OCc2ccccc2)CC1. The van der Waals surface area contributed by atoms with Gasteiger partial charge < -0.3 is 15.0 Å². The summed E-state index contributed by atoms with van der Waals surface area (Å²) in [4.78, 5) is 19.2. The summed E-state index contributed by atoms with van der Waals surface area (Å²) in [5, 5.41) is 3.06. The number of amides is 1. The van der Waals surface area contributed by atoms with Gasteiger partial charge >= 0.3 is 0 Å². The van der Waals surface area contributed by atoms with E-state index in [0.717, 1.165) is 18.4 Å². The molecule has 0 aliphatic carbocycles. The van der Waals surface area contributed by atoms with Gasteiger partial charge in [0.05, 0.1) is 18.3 Å². The van der Waals surface area contributed by atoms with Crippen LogP contribution in [0.25, 0.3) is 0 Å². The molecule has 1 aliphatic rings. The molecule has 2 aromatic carbocycles. The predicted octanol–water partition coefficient (Wildman–Crippen LogP) is 4.79. The van der Waals surface area contributed by atoms with Crippen LogP contribution in [0, 0.1) is 5.82 Å². The van der Waals surface area contributed by atoms with Gasteiger partial charge in [0.25, 0.3) is 5.91 Å². The predicted molar refractivity (Wildman–Crippen MR) is 114 cm³/mol. The highest BCUT2D eigenvalue weighted by atomic mass is 19.1. The number of rotatable bonds is 6. The number of benzene rings is 2. The van der Waals surface area contributed by atoms with Gasteiger partial charge in [0.15, 0.2) is 0 Å². The van der Waals surface area contributed by atoms with E-state index < -0.39 is 0 Å². The van der Waals surface area contributed by atoms with Crippen LogP contribution in [0.5, 0.6) is 0 Å². The summed E-state index contributed by atoms with van der Waals surface area (Å²) < 4.78 is 19.5. The molecule has 0 spiro atoms. The second kappa shape index (κ2) is 9.50. The summed E-state index contributed by atoms with van der Waals surface area (Å²) >= 11 is 0. The van der Waals surface area contributed by atoms with Crippen LogP contribution in [0.2, 0.25) is 0 Å². The van der Waals surface area contributed by atoms with Crippen LogP contribution in [0.3, 0.4) is 0 Å². The molecule has 154 valence electrons. The van der Waals surface area contributed by atoms with Crippen molar-refractivity contribution in [2.75, 3.05) is 18.4 Å². The molecule has 0 unspecified atom stereocenters. The zero-order valence-corrected chi connectivity index (χ0v) is 16.6. The lowest BCUT2D eigenvalue weighted by atomic mass is 10.1. The van der Waals surface area contributed by atoms with Crippen molar-refractivity contribution in [3.05, 3.63) is 89.9 Å². The maximum absolute atomic E-state index is 13.5. The first-order valence-corrected chi connectivity index (χ1v) is 10.1. The van der Waals surface area contributed by atoms with Crippen molar-refractivity contribution in [3.8, 4) is 0 Å². The Bertz CT molecular complexity index is 989. The third-order valence-corrected chi connectivity index (χ3v) is 5.18. The number of ether oxygens (including phenoxy) is 1. The van der Waals surface area contributed by atoms with Crippen molar-refractivity contribution in [1.29, 1.82) is 0 Å². The topological polar surface area (TPSA) is 54.5 Å². The van der Waals surface area contributed by atoms with E-state index in [1.54, 1.807) is 30.5 Å². The summed E-state index contributed by atoms with van der Waals surface area (Å²) in [7, 11) is 0. The molecule has 0 saturated carbocycles. The van der Waals surface area contributed by atoms with Crippen molar-refractivity contribution in [2.24, 2.45) is 0 Å². The fourth-order valence-corrected chi connectivity index (χ4v) is 3.56. The normalized spacial score (nSPS) is 14.5. The molecule has 30 heavy (non-hydrogen) atoms. The molecular weight excluding hydrogens is 381 g/mol. The first kappa shape index (κ1) is 20.0. The van der Waals surface area contributed by atoms with E-state index in [9.17, 15) is 9.18 Å². The van der Waals surface area contributed by atoms with Crippen molar-refractivity contribution in [1.82, 2.24) is 9.88 Å². The quantitative estimate of drug-likeness (QED) is 0.641. The molecule has 0 atom stereocenters. The minimum atomic E-state index is -0.346. The molecule has 4 rings (SSSR count). The molecule has 1 saturated heterocycles. The molecule has 1 aliphatic heterocycles. The number of carbonyl (C=O) groups excluding carboxylic acids is 1. The van der Waals surface area contributed by atoms with Crippen LogP contribution >= 0.6 is 0 Å². The van der Waals surface area contributed by atoms with E-state index in [1.165, 1.54) is 12.1 Å². The largest absolute Gasteiger partial charge is 0.373 e. The number of halogens is 1. The van der Waals surface area contributed by atoms with E-state index in [0.29, 0.717) is 36.8 Å². The number of carbonyl (C=O) groups is 1. The Kier molecular flexibility index (Phi) is 6.35. The van der Waals surface area contributed by atoms with E-state index in [-0.39, 0.29) is 17.8 Å². The molecule has 6 heteroatoms. The molecule has 2 heterocycles. The van der Waals surface area contributed by atoms with Gasteiger partial charge in [-0.1, -0.05) is 36.4 Å². The average molecular weight is 405 g/mol. The monoisotopic (exact) mass is 405 g/mol. The second-order valence-electron chi connectivity index (χ2n) is 7.32. The Morgan fingerprint density at radius 3 is 2.63 bits per heavy atom. The molecule has 5 nitrogen and oxygen atoms in total. The molecule has 1 aromatic heterocycles. The summed E-state index contributed by atoms with van der Waals surface area (Å²) in [5.74, 6) is 0.000413. The summed E-state index contributed by atoms with van der Waals surface area (Å²) in [6.07, 6.45) is 3.35. The number of hydrogen-bond acceptors (Lipinski definition) is 4. The van der Waals surface area contributed by atoms with E-state index >= 15 is 0 Å². The number of anilines is 2. The second-order valence-corrected chi connectivity index (χ2v) is 7.32. The first-order chi connectivity index (χ1) is 14.7. The molecule has 1 amide bonds. The van der Waals surface area contributed by atoms with Crippen molar-refractivity contribution < 1.29 is 13.9 Å². The molecular formula is C24H24FN3O2. The minimum Gasteiger partial charge on any atom is -0.373 e. The molecule has 3 aromatic rings. The highest BCUT2D eigenvalue weighted by Gasteiger charge is 2.26. The average Bonchev–Trinajstić information content (AvgIpc) is 2.79. The van der Waals surface area contributed by atoms with Crippen LogP contribution in [0.4, 0.5) is 15.9 Å². The van der Waals surface area contributed by atoms with Crippen LogP contribution in [-0.2, 0) is 11.3 Å². The summed E-state index contributed by atoms with van der Waals surface area (Å²) in [6.45, 7) is 1.85. The van der Waals surface area contributed by atoms with Crippen molar-refractivity contribution in [2.45, 2.75) is 25.6 Å². The Labute approximate surface area is 175 Å². The van der Waals surface area contributed by atoms with Crippen LogP contribution < -0.4 is 5.32 Å². The third-order valence-electron chi connectivity index (χ3n) is 5.18. The lowest BCUT2D eigenvalue weighted by Crippen LogP contribution is -2.41. The van der Waals surface area contributed by atoms with Crippen molar-refractivity contribution in [3.63, 3.8) is 0 Å². The fraction of sp³-hybridized carbons (Fsp3) is 0.250. The number of nitrogens with one attached hydrogen (secondary N) is 1. The smallest absolute Gasteiger partial charge is 0.257 e. The zero-order chi connectivity index (χ0) is 20.8. The van der Waals surface area contributed by atoms with Crippen LogP contribution in [-0.4, -0.2) is 35.0 Å². The Hall–Kier alpha value is -3.25. The summed E-state index contributed by atoms with van der Waals surface area (Å²) in [5.41, 5.74) is 2.18. The fourth-order valence-electron chi connectivity index (χ4n) is 3.56. The number of hydrogen-bond donors (Lipinski definition) is 1. The van der Waals surface area contributed by atoms with Gasteiger partial charge in [-0.3, -0.25) is 4.79 Å². The Morgan fingerprint density at radius 1 is 1.07 bits per heavy atom. The Morgan fingerprint density at radius 2 is 1.87 bits per heavy atom. The number of pyridine rings is 1. The maximum atomic E-state index is 13.5. The lowest BCUT2D eigenvalue weighted by molar-refractivity contribution is -0.000362. The Balaban J connectivity index is 1.36. The standard InChI is InChI=1S/C24H24FN3O2/c25-19-8-4-9-20(16-19)27-23-22(10-5-13-26-23)24(29)28-14-11-21(12-15-28)30-17-18-6-2-1-3-7-18/h1-10,13,16,21H,11-12,14-15,17H2,(H,26,27). The molecule has 0 radical (unpaired) electrons. The zero-order valence-electron chi connectivity index (χ0n) is 16.6. The van der Waals surface area contributed by atoms with Gasteiger partial charge in [-0.2, -0.15) is 0 Å². The highest BCUT2D eigenvalue weighted by molar-refractivity contribution is 5.99. The minimum absolute atomic E-state index is 0.0801. The number of likely N-dealkylation sites (tertiary alicyclic amines) is 1. The van der Waals surface area contributed by atoms with E-state index in [1.807, 2.05) is 35.2 Å². The van der Waals surface area contributed by atoms with Gasteiger partial charge in [0.2, 0.25) is 0 Å². The molecule has 1 N–H and O–H groups in total.